The van der Waals surface area contributed by atoms with Crippen LogP contribution in [0, 0.1) is 0 Å². The number of halogens is 1. The molecule has 1 fully saturated rings. The van der Waals surface area contributed by atoms with Crippen molar-refractivity contribution in [3.8, 4) is 0 Å². The summed E-state index contributed by atoms with van der Waals surface area (Å²) in [7, 11) is 1.51. The second-order valence-electron chi connectivity index (χ2n) is 4.54. The van der Waals surface area contributed by atoms with Gasteiger partial charge in [-0.05, 0) is 18.1 Å². The van der Waals surface area contributed by atoms with Crippen molar-refractivity contribution in [2.75, 3.05) is 7.11 Å². The zero-order valence-corrected chi connectivity index (χ0v) is 11.8. The molecule has 1 unspecified atom stereocenters. The highest BCUT2D eigenvalue weighted by Gasteiger charge is 2.43. The molecule has 0 saturated carbocycles. The number of benzene rings is 1. The Labute approximate surface area is 118 Å². The van der Waals surface area contributed by atoms with E-state index in [9.17, 15) is 5.11 Å². The molecule has 1 aliphatic heterocycles. The maximum atomic E-state index is 10.1. The third kappa shape index (κ3) is 3.27. The van der Waals surface area contributed by atoms with Crippen molar-refractivity contribution in [3.05, 3.63) is 34.9 Å². The Morgan fingerprint density at radius 3 is 2.74 bits per heavy atom. The second kappa shape index (κ2) is 6.68. The van der Waals surface area contributed by atoms with Gasteiger partial charge in [0.05, 0.1) is 12.7 Å². The summed E-state index contributed by atoms with van der Waals surface area (Å²) >= 11 is 6.07. The molecule has 1 aromatic rings. The molecule has 0 bridgehead atoms. The van der Waals surface area contributed by atoms with Gasteiger partial charge in [-0.1, -0.05) is 36.7 Å². The third-order valence-corrected chi connectivity index (χ3v) is 3.68. The summed E-state index contributed by atoms with van der Waals surface area (Å²) < 4.78 is 16.4. The van der Waals surface area contributed by atoms with Gasteiger partial charge in [0, 0.05) is 12.1 Å². The number of hydrogen-bond donors (Lipinski definition) is 1. The molecule has 1 aromatic carbocycles. The van der Waals surface area contributed by atoms with Crippen LogP contribution in [0.1, 0.15) is 18.9 Å². The van der Waals surface area contributed by atoms with Crippen LogP contribution in [0.25, 0.3) is 0 Å². The minimum atomic E-state index is -0.780. The third-order valence-electron chi connectivity index (χ3n) is 3.31. The largest absolute Gasteiger partial charge is 0.385 e. The first-order chi connectivity index (χ1) is 9.17. The molecule has 1 saturated heterocycles. The van der Waals surface area contributed by atoms with Gasteiger partial charge < -0.3 is 19.3 Å². The lowest BCUT2D eigenvalue weighted by Gasteiger charge is -2.20. The zero-order valence-electron chi connectivity index (χ0n) is 11.1. The summed E-state index contributed by atoms with van der Waals surface area (Å²) in [4.78, 5) is 0. The fourth-order valence-electron chi connectivity index (χ4n) is 2.24. The van der Waals surface area contributed by atoms with Gasteiger partial charge in [0.1, 0.15) is 12.2 Å². The van der Waals surface area contributed by atoms with Crippen LogP contribution in [0.4, 0.5) is 0 Å². The van der Waals surface area contributed by atoms with Crippen LogP contribution in [0.3, 0.4) is 0 Å². The Kier molecular flexibility index (Phi) is 5.19. The van der Waals surface area contributed by atoms with Gasteiger partial charge >= 0.3 is 0 Å². The Hall–Kier alpha value is -0.650. The van der Waals surface area contributed by atoms with Crippen LogP contribution in [0.2, 0.25) is 5.02 Å². The smallest absolute Gasteiger partial charge is 0.186 e. The highest BCUT2D eigenvalue weighted by molar-refractivity contribution is 6.31. The quantitative estimate of drug-likeness (QED) is 0.903. The Balaban J connectivity index is 2.00. The van der Waals surface area contributed by atoms with E-state index in [2.05, 4.69) is 0 Å². The van der Waals surface area contributed by atoms with Gasteiger partial charge in [-0.2, -0.15) is 0 Å². The molecule has 1 aliphatic rings. The van der Waals surface area contributed by atoms with E-state index in [-0.39, 0.29) is 6.10 Å². The Bertz CT molecular complexity index is 410. The molecule has 1 N–H and O–H groups in total. The van der Waals surface area contributed by atoms with Crippen LogP contribution in [-0.4, -0.2) is 36.8 Å². The summed E-state index contributed by atoms with van der Waals surface area (Å²) in [5.74, 6) is 0. The van der Waals surface area contributed by atoms with Crippen LogP contribution >= 0.6 is 11.6 Å². The zero-order chi connectivity index (χ0) is 13.8. The summed E-state index contributed by atoms with van der Waals surface area (Å²) in [5, 5.41) is 10.7. The molecule has 0 aliphatic carbocycles. The van der Waals surface area contributed by atoms with E-state index < -0.39 is 18.5 Å². The van der Waals surface area contributed by atoms with Crippen molar-refractivity contribution in [1.82, 2.24) is 0 Å². The fourth-order valence-corrected chi connectivity index (χ4v) is 2.43. The van der Waals surface area contributed by atoms with Gasteiger partial charge in [0.2, 0.25) is 0 Å². The first-order valence-corrected chi connectivity index (χ1v) is 6.76. The van der Waals surface area contributed by atoms with Crippen molar-refractivity contribution in [1.29, 1.82) is 0 Å². The van der Waals surface area contributed by atoms with E-state index in [0.717, 1.165) is 12.0 Å². The average molecular weight is 287 g/mol. The number of hydrogen-bond acceptors (Lipinski definition) is 4. The summed E-state index contributed by atoms with van der Waals surface area (Å²) in [6.07, 6.45) is -1.21. The van der Waals surface area contributed by atoms with Crippen molar-refractivity contribution < 1.29 is 19.3 Å². The molecule has 0 radical (unpaired) electrons. The van der Waals surface area contributed by atoms with Crippen molar-refractivity contribution in [3.63, 3.8) is 0 Å². The van der Waals surface area contributed by atoms with Crippen molar-refractivity contribution in [2.45, 2.75) is 44.6 Å². The van der Waals surface area contributed by atoms with Crippen LogP contribution in [-0.2, 0) is 20.8 Å². The molecule has 5 heteroatoms. The average Bonchev–Trinajstić information content (AvgIpc) is 2.74. The molecule has 4 nitrogen and oxygen atoms in total. The summed E-state index contributed by atoms with van der Waals surface area (Å²) in [5.41, 5.74) is 0.895. The first kappa shape index (κ1) is 14.8. The molecule has 1 heterocycles. The lowest BCUT2D eigenvalue weighted by molar-refractivity contribution is -0.148. The van der Waals surface area contributed by atoms with Crippen LogP contribution < -0.4 is 0 Å². The van der Waals surface area contributed by atoms with Crippen LogP contribution in [0.15, 0.2) is 24.3 Å². The predicted octanol–water partition coefficient (Wildman–Crippen LogP) is 2.37. The maximum Gasteiger partial charge on any atom is 0.186 e. The molecule has 0 aromatic heterocycles. The minimum absolute atomic E-state index is 0.164. The van der Waals surface area contributed by atoms with E-state index in [0.29, 0.717) is 11.6 Å². The highest BCUT2D eigenvalue weighted by Crippen LogP contribution is 2.28. The number of rotatable bonds is 5. The summed E-state index contributed by atoms with van der Waals surface area (Å²) in [6, 6.07) is 7.49. The normalized spacial score (nSPS) is 30.7. The number of ether oxygens (including phenoxy) is 3. The molecule has 106 valence electrons. The number of methoxy groups -OCH3 is 1. The van der Waals surface area contributed by atoms with Crippen LogP contribution in [0.5, 0.6) is 0 Å². The monoisotopic (exact) mass is 286 g/mol. The molecule has 0 spiro atoms. The Morgan fingerprint density at radius 1 is 1.37 bits per heavy atom. The van der Waals surface area contributed by atoms with E-state index in [1.54, 1.807) is 0 Å². The van der Waals surface area contributed by atoms with Gasteiger partial charge in [-0.25, -0.2) is 0 Å². The molecular formula is C14H19ClO4. The van der Waals surface area contributed by atoms with Gasteiger partial charge in [-0.15, -0.1) is 0 Å². The molecule has 19 heavy (non-hydrogen) atoms. The lowest BCUT2D eigenvalue weighted by Crippen LogP contribution is -2.35. The van der Waals surface area contributed by atoms with Crippen molar-refractivity contribution >= 4 is 11.6 Å². The number of aliphatic hydroxyl groups is 1. The van der Waals surface area contributed by atoms with E-state index in [1.807, 2.05) is 31.2 Å². The number of aliphatic hydroxyl groups excluding tert-OH is 1. The lowest BCUT2D eigenvalue weighted by atomic mass is 10.1. The molecule has 0 amide bonds. The second-order valence-corrected chi connectivity index (χ2v) is 4.95. The van der Waals surface area contributed by atoms with Crippen molar-refractivity contribution in [2.24, 2.45) is 0 Å². The van der Waals surface area contributed by atoms with E-state index in [1.165, 1.54) is 7.11 Å². The standard InChI is InChI=1S/C14H19ClO4/c1-3-11-13(12(16)14(17-2)19-11)18-8-9-6-4-5-7-10(9)15/h4-7,11-14,16H,3,8H2,1-2H3/t11-,12-,13+,14?/m1/s1. The first-order valence-electron chi connectivity index (χ1n) is 6.38. The maximum absolute atomic E-state index is 10.1. The SMILES string of the molecule is CC[C@H]1OC(OC)[C@H](O)[C@H]1OCc1ccccc1Cl. The predicted molar refractivity (Wildman–Crippen MR) is 72.0 cm³/mol. The van der Waals surface area contributed by atoms with E-state index in [4.69, 9.17) is 25.8 Å². The highest BCUT2D eigenvalue weighted by atomic mass is 35.5. The summed E-state index contributed by atoms with van der Waals surface area (Å²) in [6.45, 7) is 2.33. The van der Waals surface area contributed by atoms with E-state index >= 15 is 0 Å². The van der Waals surface area contributed by atoms with Gasteiger partial charge in [-0.3, -0.25) is 0 Å². The molecule has 2 rings (SSSR count). The molecular weight excluding hydrogens is 268 g/mol. The topological polar surface area (TPSA) is 47.9 Å². The van der Waals surface area contributed by atoms with Gasteiger partial charge in [0.25, 0.3) is 0 Å². The Morgan fingerprint density at radius 2 is 2.11 bits per heavy atom. The van der Waals surface area contributed by atoms with Gasteiger partial charge in [0.15, 0.2) is 6.29 Å². The minimum Gasteiger partial charge on any atom is -0.385 e. The fraction of sp³-hybridized carbons (Fsp3) is 0.571. The molecule has 4 atom stereocenters.